The highest BCUT2D eigenvalue weighted by Crippen LogP contribution is 2.22. The van der Waals surface area contributed by atoms with Gasteiger partial charge in [0, 0.05) is 11.1 Å². The van der Waals surface area contributed by atoms with Crippen molar-refractivity contribution in [1.29, 1.82) is 0 Å². The van der Waals surface area contributed by atoms with E-state index in [0.29, 0.717) is 11.1 Å². The van der Waals surface area contributed by atoms with E-state index in [1.54, 1.807) is 7.11 Å². The quantitative estimate of drug-likeness (QED) is 0.663. The highest BCUT2D eigenvalue weighted by atomic mass is 16.5. The first-order valence-corrected chi connectivity index (χ1v) is 6.87. The maximum Gasteiger partial charge on any atom is 0.193 e. The first-order chi connectivity index (χ1) is 10.2. The number of methoxy groups -OCH3 is 1. The Kier molecular flexibility index (Phi) is 3.44. The summed E-state index contributed by atoms with van der Waals surface area (Å²) in [6.07, 6.45) is 0. The van der Waals surface area contributed by atoms with E-state index in [0.717, 1.165) is 22.1 Å². The van der Waals surface area contributed by atoms with Crippen molar-refractivity contribution in [2.24, 2.45) is 0 Å². The van der Waals surface area contributed by atoms with E-state index < -0.39 is 0 Å². The normalized spacial score (nSPS) is 10.6. The van der Waals surface area contributed by atoms with Crippen LogP contribution in [0, 0.1) is 6.92 Å². The van der Waals surface area contributed by atoms with Gasteiger partial charge in [0.05, 0.1) is 7.11 Å². The second-order valence-electron chi connectivity index (χ2n) is 5.07. The SMILES string of the molecule is COc1ccc(C(=O)c2ccc3ccccc3c2)c(C)c1. The number of ketones is 1. The lowest BCUT2D eigenvalue weighted by Crippen LogP contribution is -2.03. The summed E-state index contributed by atoms with van der Waals surface area (Å²) < 4.78 is 5.18. The van der Waals surface area contributed by atoms with E-state index in [2.05, 4.69) is 0 Å². The first-order valence-electron chi connectivity index (χ1n) is 6.87. The second kappa shape index (κ2) is 5.41. The average molecular weight is 276 g/mol. The number of carbonyl (C=O) groups excluding carboxylic acids is 1. The van der Waals surface area contributed by atoms with Crippen LogP contribution in [0.15, 0.2) is 60.7 Å². The number of carbonyl (C=O) groups is 1. The van der Waals surface area contributed by atoms with Gasteiger partial charge in [-0.1, -0.05) is 36.4 Å². The molecule has 0 aliphatic rings. The minimum absolute atomic E-state index is 0.0425. The molecule has 0 atom stereocenters. The van der Waals surface area contributed by atoms with Crippen molar-refractivity contribution < 1.29 is 9.53 Å². The highest BCUT2D eigenvalue weighted by Gasteiger charge is 2.12. The Morgan fingerprint density at radius 1 is 0.905 bits per heavy atom. The van der Waals surface area contributed by atoms with Crippen LogP contribution in [0.2, 0.25) is 0 Å². The van der Waals surface area contributed by atoms with Crippen LogP contribution < -0.4 is 4.74 Å². The molecule has 2 nitrogen and oxygen atoms in total. The topological polar surface area (TPSA) is 26.3 Å². The fourth-order valence-corrected chi connectivity index (χ4v) is 2.50. The summed E-state index contributed by atoms with van der Waals surface area (Å²) in [5.41, 5.74) is 2.35. The van der Waals surface area contributed by atoms with Gasteiger partial charge < -0.3 is 4.74 Å². The molecule has 0 spiro atoms. The third-order valence-electron chi connectivity index (χ3n) is 3.69. The van der Waals surface area contributed by atoms with Crippen LogP contribution in [0.5, 0.6) is 5.75 Å². The molecule has 3 aromatic carbocycles. The summed E-state index contributed by atoms with van der Waals surface area (Å²) in [6, 6.07) is 19.4. The summed E-state index contributed by atoms with van der Waals surface area (Å²) in [5, 5.41) is 2.22. The Hall–Kier alpha value is -2.61. The molecular formula is C19H16O2. The van der Waals surface area contributed by atoms with Crippen LogP contribution in [0.25, 0.3) is 10.8 Å². The molecule has 0 radical (unpaired) electrons. The Morgan fingerprint density at radius 2 is 1.67 bits per heavy atom. The van der Waals surface area contributed by atoms with Crippen molar-refractivity contribution in [1.82, 2.24) is 0 Å². The lowest BCUT2D eigenvalue weighted by molar-refractivity contribution is 0.103. The fraction of sp³-hybridized carbons (Fsp3) is 0.105. The van der Waals surface area contributed by atoms with Gasteiger partial charge in [-0.3, -0.25) is 4.79 Å². The number of hydrogen-bond acceptors (Lipinski definition) is 2. The van der Waals surface area contributed by atoms with Crippen LogP contribution in [-0.4, -0.2) is 12.9 Å². The number of aryl methyl sites for hydroxylation is 1. The summed E-state index contributed by atoms with van der Waals surface area (Å²) in [4.78, 5) is 12.7. The lowest BCUT2D eigenvalue weighted by Gasteiger charge is -2.08. The molecular weight excluding hydrogens is 260 g/mol. The maximum atomic E-state index is 12.7. The molecule has 0 saturated carbocycles. The van der Waals surface area contributed by atoms with Gasteiger partial charge in [0.25, 0.3) is 0 Å². The molecule has 0 bridgehead atoms. The minimum atomic E-state index is 0.0425. The van der Waals surface area contributed by atoms with Crippen molar-refractivity contribution in [3.63, 3.8) is 0 Å². The van der Waals surface area contributed by atoms with Gasteiger partial charge in [0.2, 0.25) is 0 Å². The van der Waals surface area contributed by atoms with Crippen LogP contribution in [0.1, 0.15) is 21.5 Å². The zero-order valence-electron chi connectivity index (χ0n) is 12.1. The van der Waals surface area contributed by atoms with E-state index in [9.17, 15) is 4.79 Å². The van der Waals surface area contributed by atoms with Gasteiger partial charge >= 0.3 is 0 Å². The summed E-state index contributed by atoms with van der Waals surface area (Å²) in [5.74, 6) is 0.809. The number of fused-ring (bicyclic) bond motifs is 1. The van der Waals surface area contributed by atoms with E-state index in [-0.39, 0.29) is 5.78 Å². The predicted molar refractivity (Wildman–Crippen MR) is 85.1 cm³/mol. The molecule has 0 N–H and O–H groups in total. The molecule has 21 heavy (non-hydrogen) atoms. The Balaban J connectivity index is 2.03. The minimum Gasteiger partial charge on any atom is -0.497 e. The van der Waals surface area contributed by atoms with E-state index in [4.69, 9.17) is 4.74 Å². The Morgan fingerprint density at radius 3 is 2.38 bits per heavy atom. The van der Waals surface area contributed by atoms with Crippen molar-refractivity contribution in [3.8, 4) is 5.75 Å². The van der Waals surface area contributed by atoms with Crippen molar-refractivity contribution in [2.75, 3.05) is 7.11 Å². The molecule has 3 rings (SSSR count). The highest BCUT2D eigenvalue weighted by molar-refractivity contribution is 6.11. The number of rotatable bonds is 3. The third kappa shape index (κ3) is 2.52. The zero-order valence-corrected chi connectivity index (χ0v) is 12.1. The summed E-state index contributed by atoms with van der Waals surface area (Å²) >= 11 is 0. The molecule has 0 unspecified atom stereocenters. The van der Waals surface area contributed by atoms with E-state index >= 15 is 0 Å². The van der Waals surface area contributed by atoms with Gasteiger partial charge in [0.1, 0.15) is 5.75 Å². The third-order valence-corrected chi connectivity index (χ3v) is 3.69. The molecule has 0 aliphatic carbocycles. The fourth-order valence-electron chi connectivity index (χ4n) is 2.50. The van der Waals surface area contributed by atoms with Crippen LogP contribution in [0.3, 0.4) is 0 Å². The summed E-state index contributed by atoms with van der Waals surface area (Å²) in [7, 11) is 1.62. The van der Waals surface area contributed by atoms with E-state index in [1.807, 2.05) is 67.6 Å². The molecule has 0 heterocycles. The van der Waals surface area contributed by atoms with Gasteiger partial charge in [-0.15, -0.1) is 0 Å². The molecule has 2 heteroatoms. The Bertz CT molecular complexity index is 819. The molecule has 0 amide bonds. The molecule has 0 aliphatic heterocycles. The van der Waals surface area contributed by atoms with Crippen molar-refractivity contribution >= 4 is 16.6 Å². The standard InChI is InChI=1S/C19H16O2/c1-13-11-17(21-2)9-10-18(13)19(20)16-8-7-14-5-3-4-6-15(14)12-16/h3-12H,1-2H3. The largest absolute Gasteiger partial charge is 0.497 e. The van der Waals surface area contributed by atoms with E-state index in [1.165, 1.54) is 0 Å². The average Bonchev–Trinajstić information content (AvgIpc) is 2.53. The number of ether oxygens (including phenoxy) is 1. The lowest BCUT2D eigenvalue weighted by atomic mass is 9.97. The second-order valence-corrected chi connectivity index (χ2v) is 5.07. The van der Waals surface area contributed by atoms with Crippen molar-refractivity contribution in [2.45, 2.75) is 6.92 Å². The molecule has 0 saturated heterocycles. The first kappa shape index (κ1) is 13.4. The maximum absolute atomic E-state index is 12.7. The zero-order chi connectivity index (χ0) is 14.8. The van der Waals surface area contributed by atoms with Crippen LogP contribution in [0.4, 0.5) is 0 Å². The number of benzene rings is 3. The van der Waals surface area contributed by atoms with Crippen LogP contribution in [-0.2, 0) is 0 Å². The smallest absolute Gasteiger partial charge is 0.193 e. The Labute approximate surface area is 124 Å². The number of hydrogen-bond donors (Lipinski definition) is 0. The van der Waals surface area contributed by atoms with Crippen LogP contribution >= 0.6 is 0 Å². The molecule has 0 aromatic heterocycles. The summed E-state index contributed by atoms with van der Waals surface area (Å²) in [6.45, 7) is 1.93. The van der Waals surface area contributed by atoms with Gasteiger partial charge in [0.15, 0.2) is 5.78 Å². The predicted octanol–water partition coefficient (Wildman–Crippen LogP) is 4.39. The molecule has 104 valence electrons. The van der Waals surface area contributed by atoms with Crippen molar-refractivity contribution in [3.05, 3.63) is 77.4 Å². The van der Waals surface area contributed by atoms with Gasteiger partial charge in [-0.05, 0) is 47.5 Å². The van der Waals surface area contributed by atoms with Gasteiger partial charge in [-0.25, -0.2) is 0 Å². The monoisotopic (exact) mass is 276 g/mol. The molecule has 3 aromatic rings. The van der Waals surface area contributed by atoms with Gasteiger partial charge in [-0.2, -0.15) is 0 Å². The molecule has 0 fully saturated rings.